The Kier molecular flexibility index (Phi) is 5.47. The lowest BCUT2D eigenvalue weighted by atomic mass is 10.1. The molecule has 2 rings (SSSR count). The summed E-state index contributed by atoms with van der Waals surface area (Å²) in [7, 11) is 0. The Labute approximate surface area is 126 Å². The molecule has 0 radical (unpaired) electrons. The molecule has 1 N–H and O–H groups in total. The van der Waals surface area contributed by atoms with Gasteiger partial charge in [-0.2, -0.15) is 0 Å². The van der Waals surface area contributed by atoms with Crippen molar-refractivity contribution in [1.29, 1.82) is 0 Å². The lowest BCUT2D eigenvalue weighted by molar-refractivity contribution is 0.1000. The van der Waals surface area contributed by atoms with Gasteiger partial charge in [-0.3, -0.25) is 0 Å². The van der Waals surface area contributed by atoms with Crippen molar-refractivity contribution in [1.82, 2.24) is 10.3 Å². The molecule has 112 valence electrons. The smallest absolute Gasteiger partial charge is 0.0991 e. The maximum absolute atomic E-state index is 5.41. The summed E-state index contributed by atoms with van der Waals surface area (Å²) in [6.45, 7) is 11.4. The molecule has 3 nitrogen and oxygen atoms in total. The van der Waals surface area contributed by atoms with Gasteiger partial charge < -0.3 is 10.1 Å². The Hall–Kier alpha value is -0.580. The van der Waals surface area contributed by atoms with Crippen LogP contribution in [0.3, 0.4) is 0 Å². The number of pyridine rings is 1. The number of hydrogen-bond donors (Lipinski definition) is 1. The molecule has 1 saturated heterocycles. The normalized spacial score (nSPS) is 17.4. The monoisotopic (exact) mass is 294 g/mol. The number of rotatable bonds is 4. The lowest BCUT2D eigenvalue weighted by Gasteiger charge is -2.22. The molecule has 0 bridgehead atoms. The fourth-order valence-corrected chi connectivity index (χ4v) is 3.26. The van der Waals surface area contributed by atoms with E-state index < -0.39 is 0 Å². The van der Waals surface area contributed by atoms with Crippen molar-refractivity contribution in [2.24, 2.45) is 0 Å². The van der Waals surface area contributed by atoms with E-state index in [0.29, 0.717) is 5.25 Å². The van der Waals surface area contributed by atoms with Crippen LogP contribution in [0.1, 0.15) is 44.7 Å². The quantitative estimate of drug-likeness (QED) is 0.921. The van der Waals surface area contributed by atoms with Gasteiger partial charge in [-0.15, -0.1) is 11.8 Å². The first-order chi connectivity index (χ1) is 9.44. The zero-order chi connectivity index (χ0) is 14.6. The van der Waals surface area contributed by atoms with E-state index in [9.17, 15) is 0 Å². The minimum atomic E-state index is 0.142. The highest BCUT2D eigenvalue weighted by Gasteiger charge is 2.17. The van der Waals surface area contributed by atoms with Crippen LogP contribution >= 0.6 is 11.8 Å². The Morgan fingerprint density at radius 2 is 2.05 bits per heavy atom. The van der Waals surface area contributed by atoms with Crippen LogP contribution in [-0.2, 0) is 11.3 Å². The minimum absolute atomic E-state index is 0.142. The average Bonchev–Trinajstić information content (AvgIpc) is 2.40. The van der Waals surface area contributed by atoms with Gasteiger partial charge >= 0.3 is 0 Å². The number of aryl methyl sites for hydroxylation is 1. The summed E-state index contributed by atoms with van der Waals surface area (Å²) < 4.78 is 5.41. The number of nitrogens with one attached hydrogen (secondary N) is 1. The fourth-order valence-electron chi connectivity index (χ4n) is 2.16. The van der Waals surface area contributed by atoms with E-state index in [0.717, 1.165) is 32.6 Å². The minimum Gasteiger partial charge on any atom is -0.381 e. The molecule has 2 heterocycles. The molecule has 1 fully saturated rings. The molecular formula is C16H26N2OS. The molecule has 4 heteroatoms. The number of hydrogen-bond acceptors (Lipinski definition) is 4. The van der Waals surface area contributed by atoms with E-state index >= 15 is 0 Å². The van der Waals surface area contributed by atoms with Gasteiger partial charge in [0, 0.05) is 36.7 Å². The van der Waals surface area contributed by atoms with Gasteiger partial charge in [0.25, 0.3) is 0 Å². The second-order valence-corrected chi connectivity index (χ2v) is 7.79. The van der Waals surface area contributed by atoms with Crippen LogP contribution in [0, 0.1) is 6.92 Å². The molecule has 0 aliphatic carbocycles. The molecule has 1 aromatic heterocycles. The molecule has 1 aliphatic heterocycles. The van der Waals surface area contributed by atoms with Gasteiger partial charge in [0.15, 0.2) is 0 Å². The second kappa shape index (κ2) is 6.92. The largest absolute Gasteiger partial charge is 0.381 e. The highest BCUT2D eigenvalue weighted by molar-refractivity contribution is 7.99. The van der Waals surface area contributed by atoms with Crippen molar-refractivity contribution in [3.05, 3.63) is 23.4 Å². The number of aromatic nitrogens is 1. The molecule has 20 heavy (non-hydrogen) atoms. The first kappa shape index (κ1) is 15.8. The summed E-state index contributed by atoms with van der Waals surface area (Å²) in [6, 6.07) is 2.26. The number of nitrogens with zero attached hydrogens (tertiary/aromatic N) is 1. The zero-order valence-corrected chi connectivity index (χ0v) is 13.8. The highest BCUT2D eigenvalue weighted by Crippen LogP contribution is 2.30. The van der Waals surface area contributed by atoms with Gasteiger partial charge in [0.1, 0.15) is 0 Å². The summed E-state index contributed by atoms with van der Waals surface area (Å²) in [5, 5.41) is 5.34. The Morgan fingerprint density at radius 3 is 2.65 bits per heavy atom. The van der Waals surface area contributed by atoms with Gasteiger partial charge in [0.05, 0.1) is 5.03 Å². The van der Waals surface area contributed by atoms with E-state index in [2.05, 4.69) is 44.1 Å². The summed E-state index contributed by atoms with van der Waals surface area (Å²) in [4.78, 5) is 4.66. The highest BCUT2D eigenvalue weighted by atomic mass is 32.2. The Morgan fingerprint density at radius 1 is 1.35 bits per heavy atom. The van der Waals surface area contributed by atoms with Crippen LogP contribution in [-0.4, -0.2) is 29.0 Å². The summed E-state index contributed by atoms with van der Waals surface area (Å²) >= 11 is 1.91. The van der Waals surface area contributed by atoms with Crippen molar-refractivity contribution in [3.63, 3.8) is 0 Å². The van der Waals surface area contributed by atoms with Crippen molar-refractivity contribution < 1.29 is 4.74 Å². The van der Waals surface area contributed by atoms with E-state index in [1.807, 2.05) is 18.0 Å². The van der Waals surface area contributed by atoms with Crippen LogP contribution in [0.4, 0.5) is 0 Å². The molecule has 0 spiro atoms. The summed E-state index contributed by atoms with van der Waals surface area (Å²) in [6.07, 6.45) is 4.28. The molecule has 0 saturated carbocycles. The van der Waals surface area contributed by atoms with Gasteiger partial charge in [-0.05, 0) is 51.7 Å². The zero-order valence-electron chi connectivity index (χ0n) is 13.0. The molecular weight excluding hydrogens is 268 g/mol. The predicted octanol–water partition coefficient (Wildman–Crippen LogP) is 3.55. The molecule has 0 unspecified atom stereocenters. The van der Waals surface area contributed by atoms with Crippen LogP contribution in [0.25, 0.3) is 0 Å². The van der Waals surface area contributed by atoms with Crippen molar-refractivity contribution in [3.8, 4) is 0 Å². The fraction of sp³-hybridized carbons (Fsp3) is 0.688. The van der Waals surface area contributed by atoms with Crippen LogP contribution in [0.15, 0.2) is 17.3 Å². The van der Waals surface area contributed by atoms with E-state index in [-0.39, 0.29) is 5.54 Å². The van der Waals surface area contributed by atoms with Crippen LogP contribution < -0.4 is 5.32 Å². The topological polar surface area (TPSA) is 34.2 Å². The Bertz CT molecular complexity index is 437. The third kappa shape index (κ3) is 5.08. The van der Waals surface area contributed by atoms with E-state index in [1.165, 1.54) is 16.2 Å². The van der Waals surface area contributed by atoms with Gasteiger partial charge in [-0.1, -0.05) is 6.07 Å². The molecule has 1 aromatic rings. The van der Waals surface area contributed by atoms with E-state index in [4.69, 9.17) is 4.74 Å². The first-order valence-corrected chi connectivity index (χ1v) is 8.27. The maximum atomic E-state index is 5.41. The molecule has 0 amide bonds. The summed E-state index contributed by atoms with van der Waals surface area (Å²) in [5.74, 6) is 0. The van der Waals surface area contributed by atoms with Crippen molar-refractivity contribution in [2.45, 2.75) is 62.9 Å². The molecule has 0 atom stereocenters. The lowest BCUT2D eigenvalue weighted by Crippen LogP contribution is -2.35. The predicted molar refractivity (Wildman–Crippen MR) is 85.3 cm³/mol. The van der Waals surface area contributed by atoms with Gasteiger partial charge in [0.2, 0.25) is 0 Å². The average molecular weight is 294 g/mol. The SMILES string of the molecule is Cc1cc(CNC(C)(C)C)cnc1SC1CCOCC1. The van der Waals surface area contributed by atoms with Crippen LogP contribution in [0.5, 0.6) is 0 Å². The standard InChI is InChI=1S/C16H26N2OS/c1-12-9-13(11-18-16(2,3)4)10-17-15(12)20-14-5-7-19-8-6-14/h9-10,14,18H,5-8,11H2,1-4H3. The molecule has 0 aromatic carbocycles. The Balaban J connectivity index is 1.94. The van der Waals surface area contributed by atoms with Crippen molar-refractivity contribution >= 4 is 11.8 Å². The maximum Gasteiger partial charge on any atom is 0.0991 e. The van der Waals surface area contributed by atoms with Crippen LogP contribution in [0.2, 0.25) is 0 Å². The first-order valence-electron chi connectivity index (χ1n) is 7.39. The molecule has 1 aliphatic rings. The third-order valence-corrected chi connectivity index (χ3v) is 4.81. The third-order valence-electron chi connectivity index (χ3n) is 3.36. The van der Waals surface area contributed by atoms with E-state index in [1.54, 1.807) is 0 Å². The number of thioether (sulfide) groups is 1. The second-order valence-electron chi connectivity index (χ2n) is 6.50. The van der Waals surface area contributed by atoms with Gasteiger partial charge in [-0.25, -0.2) is 4.98 Å². The number of ether oxygens (including phenoxy) is 1. The van der Waals surface area contributed by atoms with Crippen molar-refractivity contribution in [2.75, 3.05) is 13.2 Å². The summed E-state index contributed by atoms with van der Waals surface area (Å²) in [5.41, 5.74) is 2.69.